The average molecular weight is 455 g/mol. The molecule has 0 heterocycles. The van der Waals surface area contributed by atoms with Gasteiger partial charge in [-0.2, -0.15) is 4.31 Å². The van der Waals surface area contributed by atoms with E-state index in [1.165, 1.54) is 16.4 Å². The van der Waals surface area contributed by atoms with E-state index >= 15 is 0 Å². The molecular weight excluding hydrogens is 432 g/mol. The van der Waals surface area contributed by atoms with E-state index in [1.807, 2.05) is 6.92 Å². The van der Waals surface area contributed by atoms with Crippen LogP contribution < -0.4 is 10.1 Å². The lowest BCUT2D eigenvalue weighted by Crippen LogP contribution is -2.30. The zero-order valence-electron chi connectivity index (χ0n) is 15.5. The van der Waals surface area contributed by atoms with Gasteiger partial charge in [0.25, 0.3) is 5.91 Å². The van der Waals surface area contributed by atoms with Crippen molar-refractivity contribution in [1.82, 2.24) is 4.31 Å². The van der Waals surface area contributed by atoms with E-state index in [2.05, 4.69) is 21.2 Å². The lowest BCUT2D eigenvalue weighted by Gasteiger charge is -2.18. The molecule has 27 heavy (non-hydrogen) atoms. The molecule has 6 nitrogen and oxygen atoms in total. The van der Waals surface area contributed by atoms with Crippen LogP contribution in [-0.2, 0) is 10.0 Å². The number of carbonyl (C=O) groups excluding carboxylic acids is 1. The summed E-state index contributed by atoms with van der Waals surface area (Å²) in [5.74, 6) is 0.373. The van der Waals surface area contributed by atoms with E-state index in [1.54, 1.807) is 44.2 Å². The molecule has 0 aliphatic heterocycles. The highest BCUT2D eigenvalue weighted by atomic mass is 79.9. The van der Waals surface area contributed by atoms with Gasteiger partial charge in [0.2, 0.25) is 10.0 Å². The molecule has 1 N–H and O–H groups in total. The summed E-state index contributed by atoms with van der Waals surface area (Å²) in [6.45, 7) is 6.83. The van der Waals surface area contributed by atoms with Crippen LogP contribution in [0.25, 0.3) is 0 Å². The second-order valence-corrected chi connectivity index (χ2v) is 8.44. The molecule has 146 valence electrons. The Morgan fingerprint density at radius 2 is 1.70 bits per heavy atom. The molecule has 0 aromatic heterocycles. The predicted octanol–water partition coefficient (Wildman–Crippen LogP) is 4.13. The Morgan fingerprint density at radius 3 is 2.22 bits per heavy atom. The first-order valence-corrected chi connectivity index (χ1v) is 10.9. The third-order valence-corrected chi connectivity index (χ3v) is 6.63. The van der Waals surface area contributed by atoms with Crippen molar-refractivity contribution < 1.29 is 17.9 Å². The van der Waals surface area contributed by atoms with E-state index in [0.717, 1.165) is 0 Å². The normalized spacial score (nSPS) is 11.4. The first-order valence-electron chi connectivity index (χ1n) is 8.67. The fourth-order valence-corrected chi connectivity index (χ4v) is 4.49. The van der Waals surface area contributed by atoms with Gasteiger partial charge in [0.1, 0.15) is 5.75 Å². The summed E-state index contributed by atoms with van der Waals surface area (Å²) >= 11 is 3.38. The van der Waals surface area contributed by atoms with Crippen molar-refractivity contribution >= 4 is 37.5 Å². The Labute approximate surface area is 168 Å². The summed E-state index contributed by atoms with van der Waals surface area (Å²) in [7, 11) is -3.51. The number of halogens is 1. The van der Waals surface area contributed by atoms with Gasteiger partial charge < -0.3 is 10.1 Å². The van der Waals surface area contributed by atoms with Crippen LogP contribution in [0.1, 0.15) is 31.1 Å². The van der Waals surface area contributed by atoms with E-state index in [-0.39, 0.29) is 10.8 Å². The standard InChI is InChI=1S/C19H23BrN2O4S/c1-4-22(5-2)27(24,25)16-10-8-15(9-11-16)21-19(23)14-7-12-18(26-6-3)17(20)13-14/h7-13H,4-6H2,1-3H3,(H,21,23). The monoisotopic (exact) mass is 454 g/mol. The van der Waals surface area contributed by atoms with Gasteiger partial charge in [-0.15, -0.1) is 0 Å². The summed E-state index contributed by atoms with van der Waals surface area (Å²) in [5, 5.41) is 2.76. The van der Waals surface area contributed by atoms with Crippen molar-refractivity contribution in [1.29, 1.82) is 0 Å². The fourth-order valence-electron chi connectivity index (χ4n) is 2.54. The van der Waals surface area contributed by atoms with Gasteiger partial charge in [0, 0.05) is 24.3 Å². The van der Waals surface area contributed by atoms with Gasteiger partial charge >= 0.3 is 0 Å². The zero-order valence-corrected chi connectivity index (χ0v) is 17.9. The molecule has 0 bridgehead atoms. The molecule has 2 aromatic rings. The number of sulfonamides is 1. The smallest absolute Gasteiger partial charge is 0.255 e. The number of anilines is 1. The van der Waals surface area contributed by atoms with Crippen molar-refractivity contribution in [2.45, 2.75) is 25.7 Å². The van der Waals surface area contributed by atoms with Gasteiger partial charge in [-0.25, -0.2) is 8.42 Å². The zero-order chi connectivity index (χ0) is 20.0. The molecule has 0 aliphatic rings. The van der Waals surface area contributed by atoms with Crippen molar-refractivity contribution in [3.63, 3.8) is 0 Å². The van der Waals surface area contributed by atoms with Crippen molar-refractivity contribution in [3.8, 4) is 5.75 Å². The predicted molar refractivity (Wildman–Crippen MR) is 110 cm³/mol. The van der Waals surface area contributed by atoms with E-state index < -0.39 is 10.0 Å². The molecule has 0 aliphatic carbocycles. The molecule has 8 heteroatoms. The minimum absolute atomic E-state index is 0.202. The molecule has 1 amide bonds. The van der Waals surface area contributed by atoms with Crippen LogP contribution in [0.3, 0.4) is 0 Å². The Bertz CT molecular complexity index is 894. The summed E-state index contributed by atoms with van der Waals surface area (Å²) < 4.78 is 32.5. The van der Waals surface area contributed by atoms with Crippen LogP contribution in [0, 0.1) is 0 Å². The number of nitrogens with one attached hydrogen (secondary N) is 1. The van der Waals surface area contributed by atoms with Crippen LogP contribution >= 0.6 is 15.9 Å². The summed E-state index contributed by atoms with van der Waals surface area (Å²) in [6.07, 6.45) is 0. The average Bonchev–Trinajstić information content (AvgIpc) is 2.64. The van der Waals surface area contributed by atoms with Crippen LogP contribution in [0.4, 0.5) is 5.69 Å². The third kappa shape index (κ3) is 5.09. The highest BCUT2D eigenvalue weighted by Gasteiger charge is 2.21. The SMILES string of the molecule is CCOc1ccc(C(=O)Nc2ccc(S(=O)(=O)N(CC)CC)cc2)cc1Br. The van der Waals surface area contributed by atoms with Gasteiger partial charge in [-0.05, 0) is 65.3 Å². The number of ether oxygens (including phenoxy) is 1. The van der Waals surface area contributed by atoms with Crippen molar-refractivity contribution in [3.05, 3.63) is 52.5 Å². The van der Waals surface area contributed by atoms with Crippen molar-refractivity contribution in [2.24, 2.45) is 0 Å². The fraction of sp³-hybridized carbons (Fsp3) is 0.316. The van der Waals surface area contributed by atoms with Crippen molar-refractivity contribution in [2.75, 3.05) is 25.0 Å². The van der Waals surface area contributed by atoms with E-state index in [4.69, 9.17) is 4.74 Å². The summed E-state index contributed by atoms with van der Waals surface area (Å²) in [6, 6.07) is 11.2. The minimum Gasteiger partial charge on any atom is -0.493 e. The Kier molecular flexibility index (Phi) is 7.41. The number of hydrogen-bond acceptors (Lipinski definition) is 4. The highest BCUT2D eigenvalue weighted by Crippen LogP contribution is 2.26. The summed E-state index contributed by atoms with van der Waals surface area (Å²) in [5.41, 5.74) is 0.980. The minimum atomic E-state index is -3.51. The Morgan fingerprint density at radius 1 is 1.07 bits per heavy atom. The molecule has 0 saturated carbocycles. The molecule has 0 radical (unpaired) electrons. The van der Waals surface area contributed by atoms with Crippen LogP contribution in [0.5, 0.6) is 5.75 Å². The third-order valence-electron chi connectivity index (χ3n) is 3.95. The molecule has 0 unspecified atom stereocenters. The van der Waals surface area contributed by atoms with Gasteiger partial charge in [-0.1, -0.05) is 13.8 Å². The van der Waals surface area contributed by atoms with Crippen LogP contribution in [-0.4, -0.2) is 38.3 Å². The largest absolute Gasteiger partial charge is 0.493 e. The lowest BCUT2D eigenvalue weighted by molar-refractivity contribution is 0.102. The topological polar surface area (TPSA) is 75.7 Å². The molecule has 0 spiro atoms. The van der Waals surface area contributed by atoms with Crippen LogP contribution in [0.2, 0.25) is 0 Å². The maximum atomic E-state index is 12.5. The Hall–Kier alpha value is -1.90. The molecule has 2 aromatic carbocycles. The second kappa shape index (κ2) is 9.34. The lowest BCUT2D eigenvalue weighted by atomic mass is 10.2. The summed E-state index contributed by atoms with van der Waals surface area (Å²) in [4.78, 5) is 12.6. The first kappa shape index (κ1) is 21.4. The number of nitrogens with zero attached hydrogens (tertiary/aromatic N) is 1. The van der Waals surface area contributed by atoms with E-state index in [0.29, 0.717) is 41.2 Å². The number of amides is 1. The molecule has 0 fully saturated rings. The van der Waals surface area contributed by atoms with E-state index in [9.17, 15) is 13.2 Å². The van der Waals surface area contributed by atoms with Gasteiger partial charge in [0.15, 0.2) is 0 Å². The molecule has 0 atom stereocenters. The number of rotatable bonds is 8. The number of carbonyl (C=O) groups is 1. The molecule has 2 rings (SSSR count). The highest BCUT2D eigenvalue weighted by molar-refractivity contribution is 9.10. The number of benzene rings is 2. The maximum absolute atomic E-state index is 12.5. The first-order chi connectivity index (χ1) is 12.8. The Balaban J connectivity index is 2.14. The molecule has 0 saturated heterocycles. The van der Waals surface area contributed by atoms with Gasteiger partial charge in [0.05, 0.1) is 16.0 Å². The van der Waals surface area contributed by atoms with Gasteiger partial charge in [-0.3, -0.25) is 4.79 Å². The van der Waals surface area contributed by atoms with Crippen LogP contribution in [0.15, 0.2) is 51.8 Å². The maximum Gasteiger partial charge on any atom is 0.255 e. The second-order valence-electron chi connectivity index (χ2n) is 5.65. The molecular formula is C19H23BrN2O4S. The number of hydrogen-bond donors (Lipinski definition) is 1. The quantitative estimate of drug-likeness (QED) is 0.650.